The predicted molar refractivity (Wildman–Crippen MR) is 86.0 cm³/mol. The summed E-state index contributed by atoms with van der Waals surface area (Å²) in [6.45, 7) is 3.41. The van der Waals surface area contributed by atoms with Gasteiger partial charge in [-0.1, -0.05) is 50.5 Å². The summed E-state index contributed by atoms with van der Waals surface area (Å²) < 4.78 is 0. The van der Waals surface area contributed by atoms with Crippen LogP contribution in [0.2, 0.25) is 0 Å². The number of hydrogen-bond acceptors (Lipinski definition) is 1. The highest BCUT2D eigenvalue weighted by atomic mass is 14.9. The predicted octanol–water partition coefficient (Wildman–Crippen LogP) is 5.19. The van der Waals surface area contributed by atoms with Gasteiger partial charge >= 0.3 is 0 Å². The second kappa shape index (κ2) is 6.76. The number of rotatable bonds is 6. The van der Waals surface area contributed by atoms with Gasteiger partial charge in [0.05, 0.1) is 0 Å². The van der Waals surface area contributed by atoms with Crippen molar-refractivity contribution in [1.29, 1.82) is 0 Å². The Morgan fingerprint density at radius 1 is 1.10 bits per heavy atom. The molecule has 110 valence electrons. The quantitative estimate of drug-likeness (QED) is 0.751. The Bertz CT molecular complexity index is 416. The fraction of sp³-hybridized carbons (Fsp3) is 0.684. The van der Waals surface area contributed by atoms with Crippen molar-refractivity contribution in [3.05, 3.63) is 35.4 Å². The normalized spacial score (nSPS) is 21.9. The van der Waals surface area contributed by atoms with Crippen molar-refractivity contribution >= 4 is 0 Å². The van der Waals surface area contributed by atoms with Crippen LogP contribution in [0, 0.1) is 5.92 Å². The summed E-state index contributed by atoms with van der Waals surface area (Å²) in [6.07, 6.45) is 11.1. The second-order valence-corrected chi connectivity index (χ2v) is 6.77. The molecule has 0 radical (unpaired) electrons. The Balaban J connectivity index is 1.77. The van der Waals surface area contributed by atoms with Gasteiger partial charge in [-0.15, -0.1) is 0 Å². The van der Waals surface area contributed by atoms with E-state index in [1.807, 2.05) is 0 Å². The maximum atomic E-state index is 3.83. The van der Waals surface area contributed by atoms with Crippen molar-refractivity contribution < 1.29 is 0 Å². The molecule has 1 nitrogen and oxygen atoms in total. The van der Waals surface area contributed by atoms with E-state index in [1.54, 1.807) is 11.1 Å². The highest BCUT2D eigenvalue weighted by Crippen LogP contribution is 2.39. The van der Waals surface area contributed by atoms with Gasteiger partial charge in [-0.05, 0) is 61.6 Å². The summed E-state index contributed by atoms with van der Waals surface area (Å²) in [6, 6.07) is 10.1. The molecule has 0 saturated heterocycles. The molecule has 20 heavy (non-hydrogen) atoms. The van der Waals surface area contributed by atoms with Crippen LogP contribution in [-0.2, 0) is 0 Å². The van der Waals surface area contributed by atoms with Crippen LogP contribution in [0.4, 0.5) is 0 Å². The summed E-state index contributed by atoms with van der Waals surface area (Å²) in [5.74, 6) is 1.71. The van der Waals surface area contributed by atoms with Crippen LogP contribution in [0.3, 0.4) is 0 Å². The van der Waals surface area contributed by atoms with E-state index in [0.29, 0.717) is 6.04 Å². The molecule has 0 spiro atoms. The van der Waals surface area contributed by atoms with E-state index in [-0.39, 0.29) is 0 Å². The van der Waals surface area contributed by atoms with Crippen LogP contribution in [0.25, 0.3) is 0 Å². The second-order valence-electron chi connectivity index (χ2n) is 6.77. The molecule has 2 aliphatic carbocycles. The topological polar surface area (TPSA) is 12.0 Å². The van der Waals surface area contributed by atoms with Gasteiger partial charge in [-0.25, -0.2) is 0 Å². The molecule has 0 amide bonds. The Labute approximate surface area is 124 Å². The van der Waals surface area contributed by atoms with Crippen LogP contribution in [-0.4, -0.2) is 6.54 Å². The van der Waals surface area contributed by atoms with Crippen molar-refractivity contribution in [1.82, 2.24) is 5.32 Å². The molecular formula is C19H29N. The molecule has 0 aromatic heterocycles. The van der Waals surface area contributed by atoms with E-state index in [9.17, 15) is 0 Å². The van der Waals surface area contributed by atoms with E-state index < -0.39 is 0 Å². The smallest absolute Gasteiger partial charge is 0.0348 e. The molecule has 1 aromatic carbocycles. The summed E-state index contributed by atoms with van der Waals surface area (Å²) in [5, 5.41) is 3.83. The monoisotopic (exact) mass is 271 g/mol. The maximum Gasteiger partial charge on any atom is 0.0348 e. The molecule has 2 aliphatic rings. The molecule has 0 aliphatic heterocycles. The molecule has 0 heterocycles. The summed E-state index contributed by atoms with van der Waals surface area (Å²) in [4.78, 5) is 0. The molecule has 2 saturated carbocycles. The van der Waals surface area contributed by atoms with Gasteiger partial charge in [-0.2, -0.15) is 0 Å². The summed E-state index contributed by atoms with van der Waals surface area (Å²) >= 11 is 0. The lowest BCUT2D eigenvalue weighted by atomic mass is 9.79. The zero-order chi connectivity index (χ0) is 13.8. The van der Waals surface area contributed by atoms with Crippen LogP contribution in [0.5, 0.6) is 0 Å². The first kappa shape index (κ1) is 14.1. The Kier molecular flexibility index (Phi) is 4.77. The number of nitrogens with one attached hydrogen (secondary N) is 1. The van der Waals surface area contributed by atoms with Gasteiger partial charge in [-0.3, -0.25) is 0 Å². The molecule has 2 fully saturated rings. The van der Waals surface area contributed by atoms with Crippen molar-refractivity contribution in [3.63, 3.8) is 0 Å². The third kappa shape index (κ3) is 3.09. The zero-order valence-corrected chi connectivity index (χ0v) is 12.9. The van der Waals surface area contributed by atoms with Crippen LogP contribution in [0.15, 0.2) is 24.3 Å². The van der Waals surface area contributed by atoms with Crippen molar-refractivity contribution in [3.8, 4) is 0 Å². The van der Waals surface area contributed by atoms with E-state index in [1.165, 1.54) is 51.4 Å². The maximum absolute atomic E-state index is 3.83. The first-order valence-electron chi connectivity index (χ1n) is 8.71. The zero-order valence-electron chi connectivity index (χ0n) is 12.9. The molecule has 3 rings (SSSR count). The lowest BCUT2D eigenvalue weighted by Crippen LogP contribution is -2.28. The molecule has 1 unspecified atom stereocenters. The van der Waals surface area contributed by atoms with E-state index in [2.05, 4.69) is 36.5 Å². The van der Waals surface area contributed by atoms with E-state index in [4.69, 9.17) is 0 Å². The Morgan fingerprint density at radius 2 is 1.90 bits per heavy atom. The van der Waals surface area contributed by atoms with E-state index >= 15 is 0 Å². The minimum absolute atomic E-state index is 0.595. The van der Waals surface area contributed by atoms with Crippen LogP contribution in [0.1, 0.15) is 81.4 Å². The highest BCUT2D eigenvalue weighted by molar-refractivity contribution is 5.30. The SMILES string of the molecule is CCCNC(c1cccc(C2CCC2)c1)C1CCCC1. The van der Waals surface area contributed by atoms with Crippen molar-refractivity contribution in [2.75, 3.05) is 6.54 Å². The van der Waals surface area contributed by atoms with Gasteiger partial charge in [0.2, 0.25) is 0 Å². The van der Waals surface area contributed by atoms with Gasteiger partial charge in [0.15, 0.2) is 0 Å². The molecule has 0 bridgehead atoms. The van der Waals surface area contributed by atoms with Crippen molar-refractivity contribution in [2.45, 2.75) is 70.3 Å². The van der Waals surface area contributed by atoms with Gasteiger partial charge in [0, 0.05) is 6.04 Å². The minimum atomic E-state index is 0.595. The molecule has 1 heteroatoms. The lowest BCUT2D eigenvalue weighted by molar-refractivity contribution is 0.366. The fourth-order valence-corrected chi connectivity index (χ4v) is 3.90. The molecule has 1 aromatic rings. The molecule has 1 N–H and O–H groups in total. The van der Waals surface area contributed by atoms with E-state index in [0.717, 1.165) is 18.4 Å². The van der Waals surface area contributed by atoms with Gasteiger partial charge in [0.25, 0.3) is 0 Å². The average molecular weight is 271 g/mol. The molecule has 1 atom stereocenters. The fourth-order valence-electron chi connectivity index (χ4n) is 3.90. The summed E-state index contributed by atoms with van der Waals surface area (Å²) in [5.41, 5.74) is 3.14. The van der Waals surface area contributed by atoms with Gasteiger partial charge in [0.1, 0.15) is 0 Å². The minimum Gasteiger partial charge on any atom is -0.310 e. The summed E-state index contributed by atoms with van der Waals surface area (Å²) in [7, 11) is 0. The lowest BCUT2D eigenvalue weighted by Gasteiger charge is -2.29. The third-order valence-electron chi connectivity index (χ3n) is 5.33. The Morgan fingerprint density at radius 3 is 2.55 bits per heavy atom. The van der Waals surface area contributed by atoms with Crippen LogP contribution >= 0.6 is 0 Å². The van der Waals surface area contributed by atoms with Crippen LogP contribution < -0.4 is 5.32 Å². The first-order chi connectivity index (χ1) is 9.88. The average Bonchev–Trinajstić information content (AvgIpc) is 2.92. The number of hydrogen-bond donors (Lipinski definition) is 1. The standard InChI is InChI=1S/C19H29N/c1-2-13-20-19(16-7-3-4-8-16)18-12-6-11-17(14-18)15-9-5-10-15/h6,11-12,14-16,19-20H,2-5,7-10,13H2,1H3. The van der Waals surface area contributed by atoms with Crippen molar-refractivity contribution in [2.24, 2.45) is 5.92 Å². The number of benzene rings is 1. The molecular weight excluding hydrogens is 242 g/mol. The Hall–Kier alpha value is -0.820. The highest BCUT2D eigenvalue weighted by Gasteiger charge is 2.27. The third-order valence-corrected chi connectivity index (χ3v) is 5.33. The first-order valence-corrected chi connectivity index (χ1v) is 8.71. The van der Waals surface area contributed by atoms with Gasteiger partial charge < -0.3 is 5.32 Å². The largest absolute Gasteiger partial charge is 0.310 e.